The topological polar surface area (TPSA) is 79.2 Å². The summed E-state index contributed by atoms with van der Waals surface area (Å²) >= 11 is 0. The number of amides is 2. The lowest BCUT2D eigenvalue weighted by Crippen LogP contribution is -2.43. The number of urea groups is 1. The first kappa shape index (κ1) is 16.2. The molecule has 8 nitrogen and oxygen atoms in total. The van der Waals surface area contributed by atoms with E-state index in [1.807, 2.05) is 30.0 Å². The maximum Gasteiger partial charge on any atom is 0.318 e. The van der Waals surface area contributed by atoms with E-state index in [2.05, 4.69) is 37.9 Å². The summed E-state index contributed by atoms with van der Waals surface area (Å²) in [6, 6.07) is 10.0. The number of hydrogen-bond acceptors (Lipinski definition) is 5. The highest BCUT2D eigenvalue weighted by atomic mass is 16.2. The molecular weight excluding hydrogens is 306 g/mol. The molecule has 1 N–H and O–H groups in total. The van der Waals surface area contributed by atoms with Gasteiger partial charge in [-0.25, -0.2) is 9.48 Å². The minimum absolute atomic E-state index is 0.0691. The van der Waals surface area contributed by atoms with Gasteiger partial charge >= 0.3 is 6.03 Å². The minimum Gasteiger partial charge on any atom is -0.370 e. The van der Waals surface area contributed by atoms with E-state index >= 15 is 0 Å². The van der Waals surface area contributed by atoms with Crippen LogP contribution >= 0.6 is 0 Å². The molecule has 0 bridgehead atoms. The van der Waals surface area contributed by atoms with E-state index in [1.165, 1.54) is 5.69 Å². The van der Waals surface area contributed by atoms with Crippen LogP contribution in [0, 0.1) is 0 Å². The van der Waals surface area contributed by atoms with Crippen LogP contribution in [0.4, 0.5) is 10.5 Å². The molecule has 0 aliphatic carbocycles. The van der Waals surface area contributed by atoms with Crippen LogP contribution in [0.25, 0.3) is 0 Å². The van der Waals surface area contributed by atoms with Crippen molar-refractivity contribution in [3.63, 3.8) is 0 Å². The fraction of sp³-hybridized carbons (Fsp3) is 0.500. The molecule has 1 aromatic heterocycles. The van der Waals surface area contributed by atoms with Crippen molar-refractivity contribution < 1.29 is 4.79 Å². The first-order valence-corrected chi connectivity index (χ1v) is 8.23. The van der Waals surface area contributed by atoms with Gasteiger partial charge in [-0.3, -0.25) is 0 Å². The van der Waals surface area contributed by atoms with Gasteiger partial charge in [0.15, 0.2) is 5.82 Å². The lowest BCUT2D eigenvalue weighted by atomic mass is 10.3. The number of tetrazole rings is 1. The fourth-order valence-corrected chi connectivity index (χ4v) is 2.96. The Hall–Kier alpha value is -2.64. The Morgan fingerprint density at radius 3 is 2.67 bits per heavy atom. The lowest BCUT2D eigenvalue weighted by molar-refractivity contribution is 0.197. The fourth-order valence-electron chi connectivity index (χ4n) is 2.96. The second-order valence-electron chi connectivity index (χ2n) is 6.00. The molecule has 2 amide bonds. The molecule has 1 saturated heterocycles. The number of carbonyl (C=O) groups excluding carboxylic acids is 1. The van der Waals surface area contributed by atoms with Crippen LogP contribution in [0.1, 0.15) is 25.2 Å². The number of para-hydroxylation sites is 1. The van der Waals surface area contributed by atoms with Gasteiger partial charge in [-0.2, -0.15) is 0 Å². The number of aromatic nitrogens is 4. The second-order valence-corrected chi connectivity index (χ2v) is 6.00. The number of benzene rings is 1. The molecule has 2 heterocycles. The SMILES string of the molecule is C[C@@H](NC(=O)N1CCCN(c2ccccc2)CC1)c1nnnn1C. The Morgan fingerprint density at radius 1 is 1.17 bits per heavy atom. The van der Waals surface area contributed by atoms with Gasteiger partial charge in [0.1, 0.15) is 0 Å². The van der Waals surface area contributed by atoms with Crippen molar-refractivity contribution in [2.75, 3.05) is 31.1 Å². The molecule has 0 saturated carbocycles. The summed E-state index contributed by atoms with van der Waals surface area (Å²) in [5.41, 5.74) is 1.21. The Kier molecular flexibility index (Phi) is 4.93. The molecule has 8 heteroatoms. The van der Waals surface area contributed by atoms with E-state index in [-0.39, 0.29) is 12.1 Å². The highest BCUT2D eigenvalue weighted by Crippen LogP contribution is 2.16. The number of anilines is 1. The Morgan fingerprint density at radius 2 is 1.96 bits per heavy atom. The molecule has 0 spiro atoms. The van der Waals surface area contributed by atoms with Crippen molar-refractivity contribution in [1.82, 2.24) is 30.4 Å². The summed E-state index contributed by atoms with van der Waals surface area (Å²) in [7, 11) is 1.77. The van der Waals surface area contributed by atoms with Crippen LogP contribution in [0.3, 0.4) is 0 Å². The molecule has 1 aliphatic heterocycles. The van der Waals surface area contributed by atoms with E-state index < -0.39 is 0 Å². The van der Waals surface area contributed by atoms with Crippen molar-refractivity contribution in [1.29, 1.82) is 0 Å². The molecular formula is C16H23N7O. The predicted molar refractivity (Wildman–Crippen MR) is 90.6 cm³/mol. The van der Waals surface area contributed by atoms with Crippen LogP contribution in [-0.2, 0) is 7.05 Å². The summed E-state index contributed by atoms with van der Waals surface area (Å²) in [4.78, 5) is 16.7. The van der Waals surface area contributed by atoms with Gasteiger partial charge < -0.3 is 15.1 Å². The average molecular weight is 329 g/mol. The van der Waals surface area contributed by atoms with Gasteiger partial charge in [-0.1, -0.05) is 18.2 Å². The smallest absolute Gasteiger partial charge is 0.318 e. The van der Waals surface area contributed by atoms with Crippen LogP contribution in [-0.4, -0.2) is 57.3 Å². The number of hydrogen-bond donors (Lipinski definition) is 1. The van der Waals surface area contributed by atoms with Gasteiger partial charge in [-0.15, -0.1) is 5.10 Å². The average Bonchev–Trinajstić information content (AvgIpc) is 2.87. The number of rotatable bonds is 3. The van der Waals surface area contributed by atoms with Crippen molar-refractivity contribution in [2.24, 2.45) is 7.05 Å². The molecule has 1 aliphatic rings. The maximum atomic E-state index is 12.5. The summed E-state index contributed by atoms with van der Waals surface area (Å²) in [5.74, 6) is 0.643. The maximum absolute atomic E-state index is 12.5. The minimum atomic E-state index is -0.231. The van der Waals surface area contributed by atoms with E-state index in [1.54, 1.807) is 11.7 Å². The zero-order valence-corrected chi connectivity index (χ0v) is 14.1. The zero-order valence-electron chi connectivity index (χ0n) is 14.1. The summed E-state index contributed by atoms with van der Waals surface area (Å²) < 4.78 is 1.57. The third-order valence-corrected chi connectivity index (χ3v) is 4.28. The van der Waals surface area contributed by atoms with Crippen molar-refractivity contribution in [2.45, 2.75) is 19.4 Å². The number of nitrogens with zero attached hydrogens (tertiary/aromatic N) is 6. The van der Waals surface area contributed by atoms with Gasteiger partial charge in [0.25, 0.3) is 0 Å². The largest absolute Gasteiger partial charge is 0.370 e. The van der Waals surface area contributed by atoms with Crippen LogP contribution < -0.4 is 10.2 Å². The number of nitrogens with one attached hydrogen (secondary N) is 1. The normalized spacial score (nSPS) is 16.6. The molecule has 128 valence electrons. The van der Waals surface area contributed by atoms with Crippen molar-refractivity contribution in [3.8, 4) is 0 Å². The van der Waals surface area contributed by atoms with E-state index in [9.17, 15) is 4.79 Å². The standard InChI is InChI=1S/C16H23N7O/c1-13(15-18-19-20-21(15)2)17-16(24)23-10-6-9-22(11-12-23)14-7-4-3-5-8-14/h3-5,7-8,13H,6,9-12H2,1-2H3,(H,17,24)/t13-/m1/s1. The quantitative estimate of drug-likeness (QED) is 0.915. The molecule has 0 unspecified atom stereocenters. The zero-order chi connectivity index (χ0) is 16.9. The third kappa shape index (κ3) is 3.64. The molecule has 3 rings (SSSR count). The Bertz CT molecular complexity index is 672. The second kappa shape index (κ2) is 7.29. The highest BCUT2D eigenvalue weighted by Gasteiger charge is 2.22. The van der Waals surface area contributed by atoms with Gasteiger partial charge in [0.05, 0.1) is 6.04 Å². The predicted octanol–water partition coefficient (Wildman–Crippen LogP) is 1.19. The highest BCUT2D eigenvalue weighted by molar-refractivity contribution is 5.74. The van der Waals surface area contributed by atoms with Crippen LogP contribution in [0.2, 0.25) is 0 Å². The first-order chi connectivity index (χ1) is 11.6. The summed E-state index contributed by atoms with van der Waals surface area (Å²) in [6.45, 7) is 5.12. The molecule has 0 radical (unpaired) electrons. The lowest BCUT2D eigenvalue weighted by Gasteiger charge is -2.24. The molecule has 2 aromatic rings. The van der Waals surface area contributed by atoms with Gasteiger partial charge in [0.2, 0.25) is 0 Å². The van der Waals surface area contributed by atoms with Crippen LogP contribution in [0.5, 0.6) is 0 Å². The van der Waals surface area contributed by atoms with E-state index in [0.29, 0.717) is 12.4 Å². The van der Waals surface area contributed by atoms with Gasteiger partial charge in [-0.05, 0) is 35.9 Å². The Labute approximate surface area is 141 Å². The number of aryl methyl sites for hydroxylation is 1. The summed E-state index contributed by atoms with van der Waals surface area (Å²) in [5, 5.41) is 14.3. The van der Waals surface area contributed by atoms with E-state index in [4.69, 9.17) is 0 Å². The Balaban J connectivity index is 1.57. The summed E-state index contributed by atoms with van der Waals surface area (Å²) in [6.07, 6.45) is 0.947. The third-order valence-electron chi connectivity index (χ3n) is 4.28. The van der Waals surface area contributed by atoms with Gasteiger partial charge in [0, 0.05) is 38.9 Å². The van der Waals surface area contributed by atoms with Crippen molar-refractivity contribution in [3.05, 3.63) is 36.2 Å². The first-order valence-electron chi connectivity index (χ1n) is 8.23. The van der Waals surface area contributed by atoms with Crippen molar-refractivity contribution >= 4 is 11.7 Å². The monoisotopic (exact) mass is 329 g/mol. The molecule has 1 fully saturated rings. The molecule has 1 aromatic carbocycles. The van der Waals surface area contributed by atoms with Crippen LogP contribution in [0.15, 0.2) is 30.3 Å². The molecule has 1 atom stereocenters. The number of carbonyl (C=O) groups is 1. The molecule has 24 heavy (non-hydrogen) atoms. The van der Waals surface area contributed by atoms with E-state index in [0.717, 1.165) is 26.1 Å².